The number of anilines is 2. The zero-order valence-corrected chi connectivity index (χ0v) is 18.5. The number of hydrogen-bond acceptors (Lipinski definition) is 9. The van der Waals surface area contributed by atoms with Crippen molar-refractivity contribution in [1.82, 2.24) is 10.3 Å². The Kier molecular flexibility index (Phi) is 5.69. The summed E-state index contributed by atoms with van der Waals surface area (Å²) in [5.41, 5.74) is 4.11. The molecule has 3 aliphatic heterocycles. The van der Waals surface area contributed by atoms with E-state index in [0.717, 1.165) is 0 Å². The molecule has 33 heavy (non-hydrogen) atoms. The molecule has 1 atom stereocenters. The molecule has 0 saturated heterocycles. The van der Waals surface area contributed by atoms with Crippen LogP contribution in [0.5, 0.6) is 17.2 Å². The fourth-order valence-corrected chi connectivity index (χ4v) is 4.36. The van der Waals surface area contributed by atoms with Crippen molar-refractivity contribution in [3.8, 4) is 17.2 Å². The normalized spacial score (nSPS) is 18.4. The first-order valence-electron chi connectivity index (χ1n) is 10.2. The maximum absolute atomic E-state index is 13.0. The average Bonchev–Trinajstić information content (AvgIpc) is 3.27. The van der Waals surface area contributed by atoms with Gasteiger partial charge in [0.2, 0.25) is 12.1 Å². The second kappa shape index (κ2) is 8.94. The number of hydrogen-bond donors (Lipinski definition) is 2. The van der Waals surface area contributed by atoms with Crippen molar-refractivity contribution in [3.05, 3.63) is 54.9 Å². The summed E-state index contributed by atoms with van der Waals surface area (Å²) in [5.74, 6) is 1.57. The number of amides is 2. The molecule has 10 nitrogen and oxygen atoms in total. The van der Waals surface area contributed by atoms with Crippen LogP contribution in [-0.2, 0) is 9.59 Å². The number of para-hydroxylation sites is 2. The van der Waals surface area contributed by atoms with Crippen LogP contribution in [0.1, 0.15) is 0 Å². The lowest BCUT2D eigenvalue weighted by atomic mass is 10.2. The molecule has 11 heteroatoms. The highest BCUT2D eigenvalue weighted by molar-refractivity contribution is 8.14. The lowest BCUT2D eigenvalue weighted by Gasteiger charge is -2.32. The predicted octanol–water partition coefficient (Wildman–Crippen LogP) is 2.16. The molecule has 170 valence electrons. The summed E-state index contributed by atoms with van der Waals surface area (Å²) < 4.78 is 16.4. The number of nitrogens with one attached hydrogen (secondary N) is 2. The molecular formula is C22H21N5O5S. The first-order chi connectivity index (χ1) is 16.1. The molecule has 2 N–H and O–H groups in total. The quantitative estimate of drug-likeness (QED) is 0.690. The number of benzene rings is 2. The topological polar surface area (TPSA) is 105 Å². The van der Waals surface area contributed by atoms with Gasteiger partial charge in [0.1, 0.15) is 19.0 Å². The van der Waals surface area contributed by atoms with Crippen molar-refractivity contribution in [3.63, 3.8) is 0 Å². The number of methoxy groups -OCH3 is 1. The van der Waals surface area contributed by atoms with E-state index in [2.05, 4.69) is 15.8 Å². The summed E-state index contributed by atoms with van der Waals surface area (Å²) in [6, 6.07) is 12.6. The number of rotatable bonds is 5. The van der Waals surface area contributed by atoms with E-state index in [1.54, 1.807) is 48.7 Å². The van der Waals surface area contributed by atoms with E-state index in [1.807, 2.05) is 18.2 Å². The molecule has 3 heterocycles. The molecule has 0 spiro atoms. The monoisotopic (exact) mass is 467 g/mol. The Labute approximate surface area is 194 Å². The SMILES string of the molecule is COc1ccccc1N1C=CN2C(SCC(=O)Nc3ccc4c(c3)OCCO4)=NNC2C1=O. The Morgan fingerprint density at radius 1 is 1.21 bits per heavy atom. The lowest BCUT2D eigenvalue weighted by Crippen LogP contribution is -2.52. The molecule has 0 aromatic heterocycles. The molecule has 2 amide bonds. The number of carbonyl (C=O) groups excluding carboxylic acids is 2. The zero-order valence-electron chi connectivity index (χ0n) is 17.7. The summed E-state index contributed by atoms with van der Waals surface area (Å²) in [7, 11) is 1.56. The Balaban J connectivity index is 1.21. The number of thioether (sulfide) groups is 1. The maximum Gasteiger partial charge on any atom is 0.276 e. The van der Waals surface area contributed by atoms with Gasteiger partial charge in [-0.15, -0.1) is 0 Å². The fraction of sp³-hybridized carbons (Fsp3) is 0.227. The third-order valence-electron chi connectivity index (χ3n) is 5.13. The number of fused-ring (bicyclic) bond motifs is 2. The molecule has 5 rings (SSSR count). The molecule has 3 aliphatic rings. The largest absolute Gasteiger partial charge is 0.495 e. The standard InChI is InChI=1S/C22H21N5O5S/c1-30-16-5-3-2-4-15(16)26-8-9-27-20(21(26)29)24-25-22(27)33-13-19(28)23-14-6-7-17-18(12-14)32-11-10-31-17/h2-9,12,20,24H,10-11,13H2,1H3,(H,23,28). The summed E-state index contributed by atoms with van der Waals surface area (Å²) in [6.07, 6.45) is 2.72. The number of amidine groups is 1. The second-order valence-corrected chi connectivity index (χ2v) is 8.15. The molecule has 0 fully saturated rings. The molecule has 1 unspecified atom stereocenters. The van der Waals surface area contributed by atoms with Crippen molar-refractivity contribution >= 4 is 40.1 Å². The van der Waals surface area contributed by atoms with Crippen molar-refractivity contribution in [2.24, 2.45) is 5.10 Å². The third kappa shape index (κ3) is 4.14. The van der Waals surface area contributed by atoms with Gasteiger partial charge in [0.05, 0.1) is 18.6 Å². The van der Waals surface area contributed by atoms with Gasteiger partial charge in [0, 0.05) is 24.2 Å². The van der Waals surface area contributed by atoms with Crippen molar-refractivity contribution < 1.29 is 23.8 Å². The lowest BCUT2D eigenvalue weighted by molar-refractivity contribution is -0.122. The van der Waals surface area contributed by atoms with Gasteiger partial charge in [-0.3, -0.25) is 24.8 Å². The smallest absolute Gasteiger partial charge is 0.276 e. The highest BCUT2D eigenvalue weighted by atomic mass is 32.2. The van der Waals surface area contributed by atoms with Crippen molar-refractivity contribution in [2.45, 2.75) is 6.17 Å². The summed E-state index contributed by atoms with van der Waals surface area (Å²) in [6.45, 7) is 0.987. The van der Waals surface area contributed by atoms with Gasteiger partial charge in [0.15, 0.2) is 16.7 Å². The average molecular weight is 468 g/mol. The van der Waals surface area contributed by atoms with Crippen LogP contribution in [0.2, 0.25) is 0 Å². The van der Waals surface area contributed by atoms with Gasteiger partial charge in [0.25, 0.3) is 5.91 Å². The minimum atomic E-state index is -0.691. The van der Waals surface area contributed by atoms with Crippen molar-refractivity contribution in [2.75, 3.05) is 36.3 Å². The Morgan fingerprint density at radius 2 is 2.03 bits per heavy atom. The first-order valence-corrected chi connectivity index (χ1v) is 11.2. The number of carbonyl (C=O) groups is 2. The Hall–Kier alpha value is -3.86. The van der Waals surface area contributed by atoms with Gasteiger partial charge >= 0.3 is 0 Å². The van der Waals surface area contributed by atoms with Crippen LogP contribution in [0.3, 0.4) is 0 Å². The van der Waals surface area contributed by atoms with Crippen LogP contribution in [0.25, 0.3) is 0 Å². The van der Waals surface area contributed by atoms with Crippen LogP contribution in [0.15, 0.2) is 60.0 Å². The van der Waals surface area contributed by atoms with Crippen LogP contribution in [-0.4, -0.2) is 54.1 Å². The summed E-state index contributed by atoms with van der Waals surface area (Å²) in [5, 5.41) is 7.62. The van der Waals surface area contributed by atoms with Gasteiger partial charge < -0.3 is 19.5 Å². The van der Waals surface area contributed by atoms with Crippen LogP contribution < -0.4 is 29.9 Å². The van der Waals surface area contributed by atoms with Gasteiger partial charge in [-0.25, -0.2) is 0 Å². The number of hydrazone groups is 1. The van der Waals surface area contributed by atoms with E-state index in [9.17, 15) is 9.59 Å². The second-order valence-electron chi connectivity index (χ2n) is 7.21. The third-order valence-corrected chi connectivity index (χ3v) is 6.10. The van der Waals surface area contributed by atoms with E-state index in [-0.39, 0.29) is 17.6 Å². The fourth-order valence-electron chi connectivity index (χ4n) is 3.60. The van der Waals surface area contributed by atoms with E-state index >= 15 is 0 Å². The predicted molar refractivity (Wildman–Crippen MR) is 124 cm³/mol. The van der Waals surface area contributed by atoms with Gasteiger partial charge in [-0.2, -0.15) is 5.10 Å². The molecule has 0 bridgehead atoms. The highest BCUT2D eigenvalue weighted by Crippen LogP contribution is 2.33. The van der Waals surface area contributed by atoms with Crippen LogP contribution >= 0.6 is 11.8 Å². The summed E-state index contributed by atoms with van der Waals surface area (Å²) in [4.78, 5) is 28.7. The van der Waals surface area contributed by atoms with Crippen LogP contribution in [0, 0.1) is 0 Å². The summed E-state index contributed by atoms with van der Waals surface area (Å²) >= 11 is 1.23. The number of ether oxygens (including phenoxy) is 3. The van der Waals surface area contributed by atoms with Gasteiger partial charge in [-0.1, -0.05) is 23.9 Å². The van der Waals surface area contributed by atoms with E-state index in [0.29, 0.717) is 47.0 Å². The first kappa shape index (κ1) is 21.0. The molecule has 0 saturated carbocycles. The number of nitrogens with zero attached hydrogens (tertiary/aromatic N) is 3. The minimum absolute atomic E-state index is 0.121. The molecule has 2 aromatic rings. The zero-order chi connectivity index (χ0) is 22.8. The highest BCUT2D eigenvalue weighted by Gasteiger charge is 2.39. The molecule has 0 aliphatic carbocycles. The Morgan fingerprint density at radius 3 is 2.88 bits per heavy atom. The molecule has 2 aromatic carbocycles. The van der Waals surface area contributed by atoms with E-state index in [1.165, 1.54) is 16.7 Å². The van der Waals surface area contributed by atoms with E-state index in [4.69, 9.17) is 14.2 Å². The molecular weight excluding hydrogens is 446 g/mol. The van der Waals surface area contributed by atoms with Crippen molar-refractivity contribution in [1.29, 1.82) is 0 Å². The maximum atomic E-state index is 13.0. The van der Waals surface area contributed by atoms with Crippen LogP contribution in [0.4, 0.5) is 11.4 Å². The minimum Gasteiger partial charge on any atom is -0.495 e. The van der Waals surface area contributed by atoms with Gasteiger partial charge in [-0.05, 0) is 24.3 Å². The molecule has 0 radical (unpaired) electrons. The Bertz CT molecular complexity index is 1150. The van der Waals surface area contributed by atoms with E-state index < -0.39 is 6.17 Å².